The van der Waals surface area contributed by atoms with Gasteiger partial charge in [-0.2, -0.15) is 0 Å². The SMILES string of the molecule is CC(C)(C)OC(=O)NCC(=O)N1CCC[C@H]1C(=O)NCC(=O)N1CCC[C@H]1C(=O)NCC(=O)N1CCC[C@H]1C(=O)O. The zero-order valence-corrected chi connectivity index (χ0v) is 23.8. The molecule has 0 aromatic rings. The van der Waals surface area contributed by atoms with Gasteiger partial charge >= 0.3 is 12.1 Å². The first-order chi connectivity index (χ1) is 19.3. The number of carboxylic acids is 1. The third-order valence-electron chi connectivity index (χ3n) is 7.22. The van der Waals surface area contributed by atoms with Gasteiger partial charge in [-0.1, -0.05) is 0 Å². The molecule has 3 saturated heterocycles. The number of carbonyl (C=O) groups excluding carboxylic acids is 6. The number of carbonyl (C=O) groups is 7. The van der Waals surface area contributed by atoms with Crippen molar-refractivity contribution in [3.8, 4) is 0 Å². The Bertz CT molecular complexity index is 1060. The second kappa shape index (κ2) is 13.6. The lowest BCUT2D eigenvalue weighted by atomic mass is 10.2. The summed E-state index contributed by atoms with van der Waals surface area (Å²) in [6.45, 7) is 4.96. The lowest BCUT2D eigenvalue weighted by Crippen LogP contribution is -2.53. The van der Waals surface area contributed by atoms with Crippen molar-refractivity contribution in [3.05, 3.63) is 0 Å². The van der Waals surface area contributed by atoms with E-state index in [1.807, 2.05) is 0 Å². The average molecular weight is 581 g/mol. The molecule has 4 N–H and O–H groups in total. The molecule has 228 valence electrons. The van der Waals surface area contributed by atoms with Crippen LogP contribution in [-0.4, -0.2) is 124 Å². The van der Waals surface area contributed by atoms with Crippen molar-refractivity contribution < 1.29 is 43.4 Å². The molecular formula is C26H40N6O9. The van der Waals surface area contributed by atoms with Crippen LogP contribution < -0.4 is 16.0 Å². The number of hydrogen-bond acceptors (Lipinski definition) is 8. The fourth-order valence-electron chi connectivity index (χ4n) is 5.33. The summed E-state index contributed by atoms with van der Waals surface area (Å²) in [7, 11) is 0. The minimum atomic E-state index is -1.08. The summed E-state index contributed by atoms with van der Waals surface area (Å²) in [5.74, 6) is -3.54. The summed E-state index contributed by atoms with van der Waals surface area (Å²) >= 11 is 0. The van der Waals surface area contributed by atoms with Gasteiger partial charge in [0.25, 0.3) is 0 Å². The number of alkyl carbamates (subject to hydrolysis) is 1. The minimum absolute atomic E-state index is 0.304. The molecule has 0 spiro atoms. The predicted molar refractivity (Wildman–Crippen MR) is 142 cm³/mol. The Morgan fingerprint density at radius 3 is 1.41 bits per heavy atom. The van der Waals surface area contributed by atoms with Crippen molar-refractivity contribution in [1.82, 2.24) is 30.7 Å². The molecule has 15 heteroatoms. The van der Waals surface area contributed by atoms with Gasteiger partial charge in [0.1, 0.15) is 30.3 Å². The topological polar surface area (TPSA) is 195 Å². The summed E-state index contributed by atoms with van der Waals surface area (Å²) in [4.78, 5) is 90.8. The minimum Gasteiger partial charge on any atom is -0.480 e. The third-order valence-corrected chi connectivity index (χ3v) is 7.22. The van der Waals surface area contributed by atoms with Crippen LogP contribution in [0, 0.1) is 0 Å². The maximum atomic E-state index is 12.9. The molecule has 0 unspecified atom stereocenters. The van der Waals surface area contributed by atoms with Crippen LogP contribution in [0.3, 0.4) is 0 Å². The molecule has 0 radical (unpaired) electrons. The zero-order chi connectivity index (χ0) is 30.3. The molecule has 3 fully saturated rings. The number of carboxylic acid groups (broad SMARTS) is 1. The fourth-order valence-corrected chi connectivity index (χ4v) is 5.33. The molecule has 0 aromatic carbocycles. The van der Waals surface area contributed by atoms with Gasteiger partial charge in [0.05, 0.1) is 13.1 Å². The van der Waals surface area contributed by atoms with Crippen molar-refractivity contribution in [1.29, 1.82) is 0 Å². The lowest BCUT2D eigenvalue weighted by Gasteiger charge is -2.27. The Hall–Kier alpha value is -3.91. The molecule has 15 nitrogen and oxygen atoms in total. The summed E-state index contributed by atoms with van der Waals surface area (Å²) in [5.41, 5.74) is -0.721. The number of likely N-dealkylation sites (tertiary alicyclic amines) is 3. The van der Waals surface area contributed by atoms with E-state index in [0.717, 1.165) is 0 Å². The lowest BCUT2D eigenvalue weighted by molar-refractivity contribution is -0.148. The van der Waals surface area contributed by atoms with E-state index in [4.69, 9.17) is 4.74 Å². The fraction of sp³-hybridized carbons (Fsp3) is 0.731. The van der Waals surface area contributed by atoms with Crippen molar-refractivity contribution in [2.24, 2.45) is 0 Å². The van der Waals surface area contributed by atoms with Crippen LogP contribution in [0.15, 0.2) is 0 Å². The molecule has 6 amide bonds. The van der Waals surface area contributed by atoms with Crippen LogP contribution in [0.2, 0.25) is 0 Å². The summed E-state index contributed by atoms with van der Waals surface area (Å²) in [5, 5.41) is 16.7. The summed E-state index contributed by atoms with van der Waals surface area (Å²) < 4.78 is 5.12. The molecule has 3 heterocycles. The van der Waals surface area contributed by atoms with Gasteiger partial charge in [-0.3, -0.25) is 24.0 Å². The number of ether oxygens (including phenoxy) is 1. The summed E-state index contributed by atoms with van der Waals surface area (Å²) in [6.07, 6.45) is 2.13. The first-order valence-electron chi connectivity index (χ1n) is 13.9. The highest BCUT2D eigenvalue weighted by Crippen LogP contribution is 2.20. The zero-order valence-electron chi connectivity index (χ0n) is 23.8. The van der Waals surface area contributed by atoms with E-state index < -0.39 is 65.3 Å². The number of nitrogens with one attached hydrogen (secondary N) is 3. The van der Waals surface area contributed by atoms with Crippen LogP contribution in [0.25, 0.3) is 0 Å². The number of amides is 6. The van der Waals surface area contributed by atoms with Crippen molar-refractivity contribution in [2.45, 2.75) is 83.0 Å². The molecule has 0 aliphatic carbocycles. The Labute approximate surface area is 238 Å². The molecule has 0 aromatic heterocycles. The van der Waals surface area contributed by atoms with E-state index in [9.17, 15) is 38.7 Å². The Balaban J connectivity index is 1.45. The highest BCUT2D eigenvalue weighted by Gasteiger charge is 2.38. The molecule has 3 aliphatic rings. The van der Waals surface area contributed by atoms with Crippen LogP contribution >= 0.6 is 0 Å². The van der Waals surface area contributed by atoms with Gasteiger partial charge in [0, 0.05) is 19.6 Å². The molecule has 0 bridgehead atoms. The Morgan fingerprint density at radius 1 is 0.659 bits per heavy atom. The van der Waals surface area contributed by atoms with E-state index in [-0.39, 0.29) is 19.6 Å². The monoisotopic (exact) mass is 580 g/mol. The van der Waals surface area contributed by atoms with Crippen LogP contribution in [0.5, 0.6) is 0 Å². The first kappa shape index (κ1) is 31.6. The molecule has 0 saturated carbocycles. The van der Waals surface area contributed by atoms with Crippen molar-refractivity contribution in [2.75, 3.05) is 39.3 Å². The second-order valence-electron chi connectivity index (χ2n) is 11.4. The van der Waals surface area contributed by atoms with E-state index >= 15 is 0 Å². The predicted octanol–water partition coefficient (Wildman–Crippen LogP) is -1.20. The number of hydrogen-bond donors (Lipinski definition) is 4. The molecular weight excluding hydrogens is 540 g/mol. The maximum absolute atomic E-state index is 12.9. The van der Waals surface area contributed by atoms with Gasteiger partial charge in [-0.25, -0.2) is 9.59 Å². The molecule has 41 heavy (non-hydrogen) atoms. The van der Waals surface area contributed by atoms with Crippen LogP contribution in [0.1, 0.15) is 59.3 Å². The Kier molecular flexibility index (Phi) is 10.5. The smallest absolute Gasteiger partial charge is 0.408 e. The van der Waals surface area contributed by atoms with Gasteiger partial charge in [0.15, 0.2) is 0 Å². The van der Waals surface area contributed by atoms with Gasteiger partial charge < -0.3 is 40.5 Å². The first-order valence-corrected chi connectivity index (χ1v) is 13.9. The largest absolute Gasteiger partial charge is 0.480 e. The van der Waals surface area contributed by atoms with E-state index in [1.165, 1.54) is 14.7 Å². The third kappa shape index (κ3) is 8.54. The quantitative estimate of drug-likeness (QED) is 0.259. The highest BCUT2D eigenvalue weighted by molar-refractivity contribution is 5.95. The Morgan fingerprint density at radius 2 is 1.02 bits per heavy atom. The molecule has 3 atom stereocenters. The average Bonchev–Trinajstić information content (AvgIpc) is 3.67. The molecule has 3 rings (SSSR count). The second-order valence-corrected chi connectivity index (χ2v) is 11.4. The van der Waals surface area contributed by atoms with E-state index in [0.29, 0.717) is 58.2 Å². The van der Waals surface area contributed by atoms with E-state index in [1.54, 1.807) is 20.8 Å². The standard InChI is InChI=1S/C26H40N6O9/c1-26(2,3)41-25(40)29-15-21(35)31-11-5-8-17(31)23(37)27-13-19(33)30-10-4-7-16(30)22(36)28-14-20(34)32-12-6-9-18(32)24(38)39/h16-18H,4-15H2,1-3H3,(H,27,37)(H,28,36)(H,29,40)(H,38,39)/t16-,17-,18-/m0/s1. The van der Waals surface area contributed by atoms with Gasteiger partial charge in [-0.05, 0) is 59.3 Å². The number of aliphatic carboxylic acids is 1. The maximum Gasteiger partial charge on any atom is 0.408 e. The van der Waals surface area contributed by atoms with Gasteiger partial charge in [-0.15, -0.1) is 0 Å². The normalized spacial score (nSPS) is 22.3. The van der Waals surface area contributed by atoms with Crippen molar-refractivity contribution in [3.63, 3.8) is 0 Å². The van der Waals surface area contributed by atoms with Crippen LogP contribution in [0.4, 0.5) is 4.79 Å². The highest BCUT2D eigenvalue weighted by atomic mass is 16.6. The van der Waals surface area contributed by atoms with Crippen LogP contribution in [-0.2, 0) is 33.5 Å². The van der Waals surface area contributed by atoms with E-state index in [2.05, 4.69) is 16.0 Å². The van der Waals surface area contributed by atoms with Gasteiger partial charge in [0.2, 0.25) is 29.5 Å². The summed E-state index contributed by atoms with van der Waals surface area (Å²) in [6, 6.07) is -2.51. The molecule has 3 aliphatic heterocycles. The number of rotatable bonds is 9. The number of nitrogens with zero attached hydrogens (tertiary/aromatic N) is 3. The van der Waals surface area contributed by atoms with Crippen molar-refractivity contribution >= 4 is 41.6 Å².